The summed E-state index contributed by atoms with van der Waals surface area (Å²) in [7, 11) is 1.26. The first kappa shape index (κ1) is 13.3. The lowest BCUT2D eigenvalue weighted by Crippen LogP contribution is -2.19. The van der Waals surface area contributed by atoms with Crippen LogP contribution in [0.1, 0.15) is 36.7 Å². The highest BCUT2D eigenvalue weighted by atomic mass is 16.5. The normalized spacial score (nSPS) is 11.6. The number of H-pyrrole nitrogens is 1. The Hall–Kier alpha value is -2.10. The SMILES string of the molecule is COC(=O)c1cc2ccc(C(C)(C)C)cc2[nH]c1=O. The van der Waals surface area contributed by atoms with Crippen LogP contribution in [-0.4, -0.2) is 18.1 Å². The number of methoxy groups -OCH3 is 1. The lowest BCUT2D eigenvalue weighted by atomic mass is 9.86. The highest BCUT2D eigenvalue weighted by Crippen LogP contribution is 2.25. The topological polar surface area (TPSA) is 59.2 Å². The van der Waals surface area contributed by atoms with Crippen molar-refractivity contribution in [2.24, 2.45) is 0 Å². The van der Waals surface area contributed by atoms with Gasteiger partial charge in [0, 0.05) is 5.52 Å². The maximum Gasteiger partial charge on any atom is 0.343 e. The molecule has 0 saturated carbocycles. The molecule has 4 heteroatoms. The average Bonchev–Trinajstić information content (AvgIpc) is 2.35. The van der Waals surface area contributed by atoms with Crippen LogP contribution in [0.5, 0.6) is 0 Å². The number of nitrogens with one attached hydrogen (secondary N) is 1. The largest absolute Gasteiger partial charge is 0.465 e. The summed E-state index contributed by atoms with van der Waals surface area (Å²) >= 11 is 0. The molecule has 0 aliphatic carbocycles. The lowest BCUT2D eigenvalue weighted by molar-refractivity contribution is 0.0599. The Morgan fingerprint density at radius 1 is 1.21 bits per heavy atom. The number of aromatic amines is 1. The Morgan fingerprint density at radius 2 is 1.89 bits per heavy atom. The summed E-state index contributed by atoms with van der Waals surface area (Å²) < 4.78 is 4.59. The first-order valence-electron chi connectivity index (χ1n) is 6.09. The van der Waals surface area contributed by atoms with E-state index in [1.54, 1.807) is 6.07 Å². The first-order chi connectivity index (χ1) is 8.82. The molecule has 0 fully saturated rings. The molecule has 0 bridgehead atoms. The van der Waals surface area contributed by atoms with Gasteiger partial charge < -0.3 is 9.72 Å². The number of aromatic nitrogens is 1. The molecular weight excluding hydrogens is 242 g/mol. The smallest absolute Gasteiger partial charge is 0.343 e. The van der Waals surface area contributed by atoms with E-state index in [0.29, 0.717) is 0 Å². The van der Waals surface area contributed by atoms with Gasteiger partial charge in [-0.2, -0.15) is 0 Å². The number of benzene rings is 1. The van der Waals surface area contributed by atoms with E-state index in [1.807, 2.05) is 18.2 Å². The molecule has 0 aliphatic heterocycles. The van der Waals surface area contributed by atoms with Crippen molar-refractivity contribution < 1.29 is 9.53 Å². The summed E-state index contributed by atoms with van der Waals surface area (Å²) in [5.41, 5.74) is 1.46. The van der Waals surface area contributed by atoms with E-state index in [9.17, 15) is 9.59 Å². The number of esters is 1. The van der Waals surface area contributed by atoms with Crippen molar-refractivity contribution in [1.82, 2.24) is 4.98 Å². The minimum absolute atomic E-state index is 0.00605. The van der Waals surface area contributed by atoms with Crippen molar-refractivity contribution in [2.45, 2.75) is 26.2 Å². The molecule has 19 heavy (non-hydrogen) atoms. The molecule has 2 rings (SSSR count). The first-order valence-corrected chi connectivity index (χ1v) is 6.09. The molecule has 1 aromatic heterocycles. The zero-order valence-electron chi connectivity index (χ0n) is 11.5. The zero-order chi connectivity index (χ0) is 14.2. The van der Waals surface area contributed by atoms with Gasteiger partial charge in [0.1, 0.15) is 5.56 Å². The zero-order valence-corrected chi connectivity index (χ0v) is 11.5. The Morgan fingerprint density at radius 3 is 2.47 bits per heavy atom. The van der Waals surface area contributed by atoms with Crippen molar-refractivity contribution in [3.8, 4) is 0 Å². The molecule has 0 saturated heterocycles. The van der Waals surface area contributed by atoms with E-state index >= 15 is 0 Å². The summed E-state index contributed by atoms with van der Waals surface area (Å²) in [6.07, 6.45) is 0. The summed E-state index contributed by atoms with van der Waals surface area (Å²) in [5, 5.41) is 0.813. The molecule has 0 radical (unpaired) electrons. The molecule has 1 N–H and O–H groups in total. The predicted molar refractivity (Wildman–Crippen MR) is 74.6 cm³/mol. The van der Waals surface area contributed by atoms with Gasteiger partial charge in [0.25, 0.3) is 5.56 Å². The van der Waals surface area contributed by atoms with E-state index in [0.717, 1.165) is 16.5 Å². The van der Waals surface area contributed by atoms with Crippen molar-refractivity contribution >= 4 is 16.9 Å². The van der Waals surface area contributed by atoms with E-state index in [2.05, 4.69) is 30.5 Å². The van der Waals surface area contributed by atoms with E-state index in [1.165, 1.54) is 7.11 Å². The van der Waals surface area contributed by atoms with Crippen LogP contribution >= 0.6 is 0 Å². The van der Waals surface area contributed by atoms with Crippen LogP contribution in [0.15, 0.2) is 29.1 Å². The third kappa shape index (κ3) is 2.52. The highest BCUT2D eigenvalue weighted by Gasteiger charge is 2.16. The second-order valence-electron chi connectivity index (χ2n) is 5.56. The summed E-state index contributed by atoms with van der Waals surface area (Å²) in [5.74, 6) is -0.622. The minimum atomic E-state index is -0.622. The summed E-state index contributed by atoms with van der Waals surface area (Å²) in [6, 6.07) is 7.41. The Kier molecular flexibility index (Phi) is 3.18. The second-order valence-corrected chi connectivity index (χ2v) is 5.56. The van der Waals surface area contributed by atoms with Crippen LogP contribution in [0.25, 0.3) is 10.9 Å². The van der Waals surface area contributed by atoms with Gasteiger partial charge in [0.2, 0.25) is 0 Å². The maximum absolute atomic E-state index is 11.8. The van der Waals surface area contributed by atoms with E-state index < -0.39 is 11.5 Å². The van der Waals surface area contributed by atoms with Crippen LogP contribution in [0.3, 0.4) is 0 Å². The predicted octanol–water partition coefficient (Wildman–Crippen LogP) is 2.61. The van der Waals surface area contributed by atoms with Crippen LogP contribution in [-0.2, 0) is 10.2 Å². The second kappa shape index (κ2) is 4.53. The van der Waals surface area contributed by atoms with E-state index in [4.69, 9.17) is 0 Å². The fraction of sp³-hybridized carbons (Fsp3) is 0.333. The lowest BCUT2D eigenvalue weighted by Gasteiger charge is -2.19. The van der Waals surface area contributed by atoms with Gasteiger partial charge in [-0.15, -0.1) is 0 Å². The third-order valence-corrected chi connectivity index (χ3v) is 3.12. The van der Waals surface area contributed by atoms with Gasteiger partial charge in [-0.3, -0.25) is 4.79 Å². The monoisotopic (exact) mass is 259 g/mol. The van der Waals surface area contributed by atoms with Crippen molar-refractivity contribution in [3.05, 3.63) is 45.7 Å². The molecule has 2 aromatic rings. The summed E-state index contributed by atoms with van der Waals surface area (Å²) in [4.78, 5) is 26.0. The van der Waals surface area contributed by atoms with Gasteiger partial charge in [-0.1, -0.05) is 32.9 Å². The number of hydrogen-bond acceptors (Lipinski definition) is 3. The number of pyridine rings is 1. The van der Waals surface area contributed by atoms with Gasteiger partial charge in [0.15, 0.2) is 0 Å². The number of fused-ring (bicyclic) bond motifs is 1. The Bertz CT molecular complexity index is 693. The number of carbonyl (C=O) groups excluding carboxylic acids is 1. The molecule has 100 valence electrons. The molecule has 0 atom stereocenters. The molecule has 4 nitrogen and oxygen atoms in total. The van der Waals surface area contributed by atoms with E-state index in [-0.39, 0.29) is 11.0 Å². The van der Waals surface area contributed by atoms with Gasteiger partial charge in [0.05, 0.1) is 7.11 Å². The standard InChI is InChI=1S/C15H17NO3/c1-15(2,3)10-6-5-9-7-11(14(18)19-4)13(17)16-12(9)8-10/h5-8H,1-4H3,(H,16,17). The van der Waals surface area contributed by atoms with Crippen molar-refractivity contribution in [3.63, 3.8) is 0 Å². The Labute approximate surface area is 111 Å². The number of hydrogen-bond donors (Lipinski definition) is 1. The quantitative estimate of drug-likeness (QED) is 0.801. The fourth-order valence-electron chi connectivity index (χ4n) is 1.93. The van der Waals surface area contributed by atoms with Gasteiger partial charge in [-0.25, -0.2) is 4.79 Å². The average molecular weight is 259 g/mol. The molecule has 1 aromatic carbocycles. The number of carbonyl (C=O) groups is 1. The van der Waals surface area contributed by atoms with Crippen LogP contribution < -0.4 is 5.56 Å². The highest BCUT2D eigenvalue weighted by molar-refractivity contribution is 5.93. The van der Waals surface area contributed by atoms with Crippen LogP contribution in [0.4, 0.5) is 0 Å². The van der Waals surface area contributed by atoms with Crippen molar-refractivity contribution in [2.75, 3.05) is 7.11 Å². The maximum atomic E-state index is 11.8. The molecule has 0 spiro atoms. The van der Waals surface area contributed by atoms with Gasteiger partial charge >= 0.3 is 5.97 Å². The van der Waals surface area contributed by atoms with Crippen LogP contribution in [0.2, 0.25) is 0 Å². The van der Waals surface area contributed by atoms with Crippen molar-refractivity contribution in [1.29, 1.82) is 0 Å². The molecular formula is C15H17NO3. The molecule has 1 heterocycles. The number of ether oxygens (including phenoxy) is 1. The number of rotatable bonds is 1. The minimum Gasteiger partial charge on any atom is -0.465 e. The van der Waals surface area contributed by atoms with Gasteiger partial charge in [-0.05, 0) is 28.5 Å². The molecule has 0 unspecified atom stereocenters. The Balaban J connectivity index is 2.65. The fourth-order valence-corrected chi connectivity index (χ4v) is 1.93. The van der Waals surface area contributed by atoms with Crippen LogP contribution in [0, 0.1) is 0 Å². The molecule has 0 amide bonds. The summed E-state index contributed by atoms with van der Waals surface area (Å²) in [6.45, 7) is 6.32. The molecule has 0 aliphatic rings. The third-order valence-electron chi connectivity index (χ3n) is 3.12.